The summed E-state index contributed by atoms with van der Waals surface area (Å²) in [6.45, 7) is 12.7. The van der Waals surface area contributed by atoms with Gasteiger partial charge in [-0.15, -0.1) is 0 Å². The highest BCUT2D eigenvalue weighted by Gasteiger charge is 2.28. The van der Waals surface area contributed by atoms with Crippen LogP contribution < -0.4 is 10.6 Å². The summed E-state index contributed by atoms with van der Waals surface area (Å²) in [5, 5.41) is 6.69. The van der Waals surface area contributed by atoms with Crippen LogP contribution in [0.25, 0.3) is 0 Å². The van der Waals surface area contributed by atoms with Crippen LogP contribution in [0.1, 0.15) is 47.0 Å². The molecule has 2 aliphatic rings. The van der Waals surface area contributed by atoms with E-state index in [2.05, 4.69) is 22.5 Å². The smallest absolute Gasteiger partial charge is 0.407 e. The molecule has 1 aliphatic carbocycles. The predicted molar refractivity (Wildman–Crippen MR) is 90.7 cm³/mol. The van der Waals surface area contributed by atoms with Crippen LogP contribution in [0.4, 0.5) is 4.79 Å². The number of nitrogens with one attached hydrogen (secondary N) is 2. The van der Waals surface area contributed by atoms with E-state index in [1.54, 1.807) is 0 Å². The molecule has 1 aliphatic heterocycles. The number of rotatable bonds is 5. The van der Waals surface area contributed by atoms with Gasteiger partial charge in [-0.1, -0.05) is 0 Å². The summed E-state index contributed by atoms with van der Waals surface area (Å²) in [5.74, 6) is 0. The molecule has 1 saturated carbocycles. The van der Waals surface area contributed by atoms with E-state index in [-0.39, 0.29) is 12.1 Å². The van der Waals surface area contributed by atoms with Gasteiger partial charge in [0.2, 0.25) is 0 Å². The zero-order valence-corrected chi connectivity index (χ0v) is 15.1. The van der Waals surface area contributed by atoms with Crippen LogP contribution in [-0.2, 0) is 9.47 Å². The van der Waals surface area contributed by atoms with Crippen molar-refractivity contribution in [1.82, 2.24) is 15.5 Å². The molecule has 0 spiro atoms. The molecular weight excluding hydrogens is 294 g/mol. The number of carbonyl (C=O) groups excluding carboxylic acids is 1. The van der Waals surface area contributed by atoms with Gasteiger partial charge in [0.1, 0.15) is 5.60 Å². The van der Waals surface area contributed by atoms with E-state index in [1.807, 2.05) is 20.8 Å². The molecule has 6 nitrogen and oxygen atoms in total. The van der Waals surface area contributed by atoms with Crippen molar-refractivity contribution in [2.24, 2.45) is 0 Å². The van der Waals surface area contributed by atoms with Crippen molar-refractivity contribution < 1.29 is 14.3 Å². The third-order valence-electron chi connectivity index (χ3n) is 4.31. The molecule has 6 heteroatoms. The second-order valence-corrected chi connectivity index (χ2v) is 7.83. The van der Waals surface area contributed by atoms with E-state index in [9.17, 15) is 4.79 Å². The van der Waals surface area contributed by atoms with Crippen LogP contribution in [0.5, 0.6) is 0 Å². The maximum absolute atomic E-state index is 11.8. The first-order valence-corrected chi connectivity index (χ1v) is 8.87. The Kier molecular flexibility index (Phi) is 6.68. The molecular formula is C17H33N3O3. The van der Waals surface area contributed by atoms with Crippen molar-refractivity contribution in [2.45, 2.75) is 70.7 Å². The van der Waals surface area contributed by atoms with Crippen molar-refractivity contribution in [3.05, 3.63) is 0 Å². The van der Waals surface area contributed by atoms with Crippen LogP contribution in [0, 0.1) is 0 Å². The third kappa shape index (κ3) is 7.06. The van der Waals surface area contributed by atoms with Crippen molar-refractivity contribution >= 4 is 6.09 Å². The lowest BCUT2D eigenvalue weighted by molar-refractivity contribution is 0.0338. The van der Waals surface area contributed by atoms with Gasteiger partial charge >= 0.3 is 6.09 Å². The number of hydrogen-bond donors (Lipinski definition) is 2. The number of alkyl carbamates (subject to hydrolysis) is 1. The van der Waals surface area contributed by atoms with Gasteiger partial charge in [0.05, 0.1) is 13.2 Å². The number of hydrogen-bond acceptors (Lipinski definition) is 5. The van der Waals surface area contributed by atoms with E-state index in [0.29, 0.717) is 12.1 Å². The van der Waals surface area contributed by atoms with Crippen LogP contribution in [-0.4, -0.2) is 67.6 Å². The molecule has 134 valence electrons. The normalized spacial score (nSPS) is 27.7. The first-order valence-electron chi connectivity index (χ1n) is 8.87. The molecule has 0 bridgehead atoms. The maximum atomic E-state index is 11.8. The summed E-state index contributed by atoms with van der Waals surface area (Å²) in [6, 6.07) is 1.15. The summed E-state index contributed by atoms with van der Waals surface area (Å²) in [5.41, 5.74) is -0.437. The summed E-state index contributed by atoms with van der Waals surface area (Å²) >= 11 is 0. The summed E-state index contributed by atoms with van der Waals surface area (Å²) in [6.07, 6.45) is 2.80. The molecule has 3 atom stereocenters. The molecule has 23 heavy (non-hydrogen) atoms. The molecule has 3 unspecified atom stereocenters. The zero-order valence-electron chi connectivity index (χ0n) is 15.1. The van der Waals surface area contributed by atoms with E-state index < -0.39 is 5.60 Å². The first-order chi connectivity index (χ1) is 10.8. The van der Waals surface area contributed by atoms with Gasteiger partial charge in [-0.2, -0.15) is 0 Å². The Morgan fingerprint density at radius 2 is 1.91 bits per heavy atom. The van der Waals surface area contributed by atoms with Gasteiger partial charge < -0.3 is 20.1 Å². The Balaban J connectivity index is 1.65. The second kappa shape index (κ2) is 8.31. The number of carbonyl (C=O) groups is 1. The van der Waals surface area contributed by atoms with Gasteiger partial charge in [-0.05, 0) is 47.0 Å². The molecule has 2 fully saturated rings. The Hall–Kier alpha value is -0.850. The lowest BCUT2D eigenvalue weighted by atomic mass is 10.2. The van der Waals surface area contributed by atoms with Crippen molar-refractivity contribution in [3.8, 4) is 0 Å². The Bertz CT molecular complexity index is 378. The van der Waals surface area contributed by atoms with Gasteiger partial charge in [0.15, 0.2) is 0 Å². The van der Waals surface area contributed by atoms with Gasteiger partial charge in [0, 0.05) is 37.8 Å². The average Bonchev–Trinajstić information content (AvgIpc) is 2.84. The topological polar surface area (TPSA) is 62.8 Å². The molecule has 1 amide bonds. The molecule has 0 aromatic carbocycles. The number of ether oxygens (including phenoxy) is 2. The number of amides is 1. The Morgan fingerprint density at radius 3 is 2.57 bits per heavy atom. The number of nitrogens with zero attached hydrogens (tertiary/aromatic N) is 1. The highest BCUT2D eigenvalue weighted by molar-refractivity contribution is 5.68. The Morgan fingerprint density at radius 1 is 1.26 bits per heavy atom. The molecule has 2 rings (SSSR count). The average molecular weight is 327 g/mol. The molecule has 1 heterocycles. The highest BCUT2D eigenvalue weighted by atomic mass is 16.6. The van der Waals surface area contributed by atoms with Gasteiger partial charge in [-0.3, -0.25) is 4.90 Å². The summed E-state index contributed by atoms with van der Waals surface area (Å²) in [4.78, 5) is 14.3. The molecule has 1 saturated heterocycles. The lowest BCUT2D eigenvalue weighted by Gasteiger charge is -2.30. The van der Waals surface area contributed by atoms with Crippen LogP contribution >= 0.6 is 0 Å². The summed E-state index contributed by atoms with van der Waals surface area (Å²) in [7, 11) is 0. The van der Waals surface area contributed by atoms with Crippen molar-refractivity contribution in [1.29, 1.82) is 0 Å². The van der Waals surface area contributed by atoms with E-state index in [4.69, 9.17) is 9.47 Å². The second-order valence-electron chi connectivity index (χ2n) is 7.83. The SMILES string of the molecule is CC(CN1CCOCC1)NC1CCC(NC(=O)OC(C)(C)C)C1. The van der Waals surface area contributed by atoms with E-state index in [0.717, 1.165) is 52.1 Å². The third-order valence-corrected chi connectivity index (χ3v) is 4.31. The lowest BCUT2D eigenvalue weighted by Crippen LogP contribution is -2.47. The van der Waals surface area contributed by atoms with Crippen LogP contribution in [0.3, 0.4) is 0 Å². The highest BCUT2D eigenvalue weighted by Crippen LogP contribution is 2.20. The van der Waals surface area contributed by atoms with Crippen LogP contribution in [0.15, 0.2) is 0 Å². The predicted octanol–water partition coefficient (Wildman–Crippen LogP) is 1.74. The monoisotopic (exact) mass is 327 g/mol. The fraction of sp³-hybridized carbons (Fsp3) is 0.941. The molecule has 2 N–H and O–H groups in total. The van der Waals surface area contributed by atoms with Crippen molar-refractivity contribution in [3.63, 3.8) is 0 Å². The molecule has 0 aromatic heterocycles. The van der Waals surface area contributed by atoms with Gasteiger partial charge in [-0.25, -0.2) is 4.79 Å². The fourth-order valence-electron chi connectivity index (χ4n) is 3.36. The fourth-order valence-corrected chi connectivity index (χ4v) is 3.36. The minimum Gasteiger partial charge on any atom is -0.444 e. The van der Waals surface area contributed by atoms with Crippen molar-refractivity contribution in [2.75, 3.05) is 32.8 Å². The quantitative estimate of drug-likeness (QED) is 0.805. The number of morpholine rings is 1. The van der Waals surface area contributed by atoms with Crippen LogP contribution in [0.2, 0.25) is 0 Å². The largest absolute Gasteiger partial charge is 0.444 e. The standard InChI is InChI=1S/C17H33N3O3/c1-13(12-20-7-9-22-10-8-20)18-14-5-6-15(11-14)19-16(21)23-17(2,3)4/h13-15,18H,5-12H2,1-4H3,(H,19,21). The van der Waals surface area contributed by atoms with E-state index >= 15 is 0 Å². The minimum atomic E-state index is -0.437. The molecule has 0 aromatic rings. The maximum Gasteiger partial charge on any atom is 0.407 e. The van der Waals surface area contributed by atoms with E-state index in [1.165, 1.54) is 0 Å². The summed E-state index contributed by atoms with van der Waals surface area (Å²) < 4.78 is 10.7. The van der Waals surface area contributed by atoms with Gasteiger partial charge in [0.25, 0.3) is 0 Å². The first kappa shape index (κ1) is 18.5. The zero-order chi connectivity index (χ0) is 16.9. The Labute approximate surface area is 140 Å². The molecule has 0 radical (unpaired) electrons. The minimum absolute atomic E-state index is 0.220.